The Kier molecular flexibility index (Phi) is 3.67. The van der Waals surface area contributed by atoms with Gasteiger partial charge in [-0.25, -0.2) is 4.39 Å². The number of amides is 1. The van der Waals surface area contributed by atoms with Crippen molar-refractivity contribution in [2.24, 2.45) is 5.92 Å². The fraction of sp³-hybridized carbons (Fsp3) is 0.462. The Hall–Kier alpha value is -1.09. The lowest BCUT2D eigenvalue weighted by molar-refractivity contribution is 0.0937. The van der Waals surface area contributed by atoms with E-state index in [1.807, 2.05) is 0 Å². The third-order valence-electron chi connectivity index (χ3n) is 3.21. The van der Waals surface area contributed by atoms with Crippen LogP contribution >= 0.6 is 11.6 Å². The van der Waals surface area contributed by atoms with E-state index in [2.05, 4.69) is 12.2 Å². The van der Waals surface area contributed by atoms with Crippen LogP contribution in [0.3, 0.4) is 0 Å². The molecule has 0 aromatic heterocycles. The van der Waals surface area contributed by atoms with Gasteiger partial charge < -0.3 is 5.32 Å². The fourth-order valence-electron chi connectivity index (χ4n) is 2.27. The van der Waals surface area contributed by atoms with Gasteiger partial charge in [-0.05, 0) is 43.4 Å². The molecule has 0 radical (unpaired) electrons. The molecule has 1 N–H and O–H groups in total. The van der Waals surface area contributed by atoms with Crippen molar-refractivity contribution < 1.29 is 9.18 Å². The molecule has 2 atom stereocenters. The van der Waals surface area contributed by atoms with Crippen LogP contribution in [0, 0.1) is 11.7 Å². The first kappa shape index (κ1) is 12.4. The highest BCUT2D eigenvalue weighted by Crippen LogP contribution is 2.25. The number of carbonyl (C=O) groups excluding carboxylic acids is 1. The molecule has 0 spiro atoms. The Labute approximate surface area is 105 Å². The molecule has 0 bridgehead atoms. The first-order valence-electron chi connectivity index (χ1n) is 5.82. The zero-order valence-corrected chi connectivity index (χ0v) is 10.4. The summed E-state index contributed by atoms with van der Waals surface area (Å²) in [4.78, 5) is 11.9. The zero-order valence-electron chi connectivity index (χ0n) is 9.67. The van der Waals surface area contributed by atoms with E-state index in [-0.39, 0.29) is 17.0 Å². The predicted molar refractivity (Wildman–Crippen MR) is 65.7 cm³/mol. The van der Waals surface area contributed by atoms with Gasteiger partial charge in [0.1, 0.15) is 5.82 Å². The Morgan fingerprint density at radius 2 is 2.24 bits per heavy atom. The average molecular weight is 256 g/mol. The van der Waals surface area contributed by atoms with E-state index in [0.29, 0.717) is 11.5 Å². The third kappa shape index (κ3) is 2.97. The summed E-state index contributed by atoms with van der Waals surface area (Å²) in [5.41, 5.74) is 0.340. The monoisotopic (exact) mass is 255 g/mol. The van der Waals surface area contributed by atoms with Gasteiger partial charge in [0.15, 0.2) is 0 Å². The summed E-state index contributed by atoms with van der Waals surface area (Å²) in [6.07, 6.45) is 3.15. The number of rotatable bonds is 2. The van der Waals surface area contributed by atoms with Crippen LogP contribution in [-0.4, -0.2) is 11.9 Å². The molecule has 0 aliphatic heterocycles. The Morgan fingerprint density at radius 1 is 1.47 bits per heavy atom. The fourth-order valence-corrected chi connectivity index (χ4v) is 2.53. The first-order valence-corrected chi connectivity index (χ1v) is 6.20. The molecule has 2 unspecified atom stereocenters. The van der Waals surface area contributed by atoms with E-state index in [4.69, 9.17) is 11.6 Å². The van der Waals surface area contributed by atoms with Gasteiger partial charge in [0.2, 0.25) is 0 Å². The molecule has 1 amide bonds. The van der Waals surface area contributed by atoms with Gasteiger partial charge in [-0.3, -0.25) is 4.79 Å². The highest BCUT2D eigenvalue weighted by atomic mass is 35.5. The molecule has 4 heteroatoms. The number of halogens is 2. The summed E-state index contributed by atoms with van der Waals surface area (Å²) >= 11 is 5.84. The number of benzene rings is 1. The Morgan fingerprint density at radius 3 is 2.82 bits per heavy atom. The summed E-state index contributed by atoms with van der Waals surface area (Å²) in [6.45, 7) is 2.18. The van der Waals surface area contributed by atoms with E-state index >= 15 is 0 Å². The number of hydrogen-bond acceptors (Lipinski definition) is 1. The summed E-state index contributed by atoms with van der Waals surface area (Å²) in [6, 6.07) is 4.05. The van der Waals surface area contributed by atoms with Gasteiger partial charge in [-0.15, -0.1) is 0 Å². The smallest absolute Gasteiger partial charge is 0.253 e. The highest BCUT2D eigenvalue weighted by molar-refractivity contribution is 6.33. The first-order chi connectivity index (χ1) is 8.06. The molecule has 1 aromatic rings. The molecule has 2 nitrogen and oxygen atoms in total. The van der Waals surface area contributed by atoms with Crippen molar-refractivity contribution in [3.63, 3.8) is 0 Å². The SMILES string of the molecule is CC1CCC(NC(=O)c2ccc(F)cc2Cl)C1. The maximum Gasteiger partial charge on any atom is 0.253 e. The van der Waals surface area contributed by atoms with E-state index in [0.717, 1.165) is 25.3 Å². The second-order valence-corrected chi connectivity index (χ2v) is 5.12. The summed E-state index contributed by atoms with van der Waals surface area (Å²) in [7, 11) is 0. The predicted octanol–water partition coefficient (Wildman–Crippen LogP) is 3.40. The van der Waals surface area contributed by atoms with Crippen molar-refractivity contribution in [3.05, 3.63) is 34.6 Å². The van der Waals surface area contributed by atoms with E-state index in [9.17, 15) is 9.18 Å². The molecule has 92 valence electrons. The normalized spacial score (nSPS) is 23.7. The molecule has 1 aliphatic rings. The van der Waals surface area contributed by atoms with Crippen LogP contribution in [0.5, 0.6) is 0 Å². The summed E-state index contributed by atoms with van der Waals surface area (Å²) < 4.78 is 12.9. The maximum absolute atomic E-state index is 12.9. The van der Waals surface area contributed by atoms with Gasteiger partial charge in [0, 0.05) is 6.04 Å². The van der Waals surface area contributed by atoms with Crippen molar-refractivity contribution >= 4 is 17.5 Å². The summed E-state index contributed by atoms with van der Waals surface area (Å²) in [5, 5.41) is 3.10. The largest absolute Gasteiger partial charge is 0.349 e. The van der Waals surface area contributed by atoms with Crippen molar-refractivity contribution in [1.82, 2.24) is 5.32 Å². The minimum atomic E-state index is -0.430. The quantitative estimate of drug-likeness (QED) is 0.862. The van der Waals surface area contributed by atoms with E-state index in [1.54, 1.807) is 0 Å². The Balaban J connectivity index is 2.04. The van der Waals surface area contributed by atoms with Crippen LogP contribution in [-0.2, 0) is 0 Å². The second-order valence-electron chi connectivity index (χ2n) is 4.71. The van der Waals surface area contributed by atoms with Gasteiger partial charge in [-0.2, -0.15) is 0 Å². The molecule has 0 heterocycles. The van der Waals surface area contributed by atoms with Crippen molar-refractivity contribution in [1.29, 1.82) is 0 Å². The minimum Gasteiger partial charge on any atom is -0.349 e. The van der Waals surface area contributed by atoms with Crippen LogP contribution in [0.25, 0.3) is 0 Å². The van der Waals surface area contributed by atoms with E-state index in [1.165, 1.54) is 12.1 Å². The molecular formula is C13H15ClFNO. The lowest BCUT2D eigenvalue weighted by Crippen LogP contribution is -2.33. The Bertz CT molecular complexity index is 435. The van der Waals surface area contributed by atoms with Crippen molar-refractivity contribution in [2.75, 3.05) is 0 Å². The molecule has 1 fully saturated rings. The highest BCUT2D eigenvalue weighted by Gasteiger charge is 2.23. The number of carbonyl (C=O) groups is 1. The van der Waals surface area contributed by atoms with Crippen LogP contribution in [0.15, 0.2) is 18.2 Å². The molecule has 1 aliphatic carbocycles. The molecule has 0 saturated heterocycles. The molecule has 1 saturated carbocycles. The van der Waals surface area contributed by atoms with Gasteiger partial charge in [0.05, 0.1) is 10.6 Å². The lowest BCUT2D eigenvalue weighted by atomic mass is 10.1. The van der Waals surface area contributed by atoms with Crippen LogP contribution in [0.2, 0.25) is 5.02 Å². The van der Waals surface area contributed by atoms with Crippen LogP contribution in [0.1, 0.15) is 36.5 Å². The molecule has 1 aromatic carbocycles. The topological polar surface area (TPSA) is 29.1 Å². The number of hydrogen-bond donors (Lipinski definition) is 1. The van der Waals surface area contributed by atoms with Crippen molar-refractivity contribution in [3.8, 4) is 0 Å². The lowest BCUT2D eigenvalue weighted by Gasteiger charge is -2.13. The molecular weight excluding hydrogens is 241 g/mol. The van der Waals surface area contributed by atoms with Gasteiger partial charge in [0.25, 0.3) is 5.91 Å². The van der Waals surface area contributed by atoms with Crippen molar-refractivity contribution in [2.45, 2.75) is 32.2 Å². The molecule has 2 rings (SSSR count). The number of nitrogens with one attached hydrogen (secondary N) is 1. The standard InChI is InChI=1S/C13H15ClFNO/c1-8-2-4-10(6-8)16-13(17)11-5-3-9(15)7-12(11)14/h3,5,7-8,10H,2,4,6H2,1H3,(H,16,17). The maximum atomic E-state index is 12.9. The molecule has 17 heavy (non-hydrogen) atoms. The van der Waals surface area contributed by atoms with E-state index < -0.39 is 5.82 Å². The van der Waals surface area contributed by atoms with Crippen LogP contribution < -0.4 is 5.32 Å². The third-order valence-corrected chi connectivity index (χ3v) is 3.52. The van der Waals surface area contributed by atoms with Gasteiger partial charge >= 0.3 is 0 Å². The minimum absolute atomic E-state index is 0.161. The summed E-state index contributed by atoms with van der Waals surface area (Å²) in [5.74, 6) is 0.0131. The van der Waals surface area contributed by atoms with Crippen LogP contribution in [0.4, 0.5) is 4.39 Å². The average Bonchev–Trinajstić information content (AvgIpc) is 2.63. The zero-order chi connectivity index (χ0) is 12.4. The second kappa shape index (κ2) is 5.05. The van der Waals surface area contributed by atoms with Gasteiger partial charge in [-0.1, -0.05) is 18.5 Å².